The van der Waals surface area contributed by atoms with E-state index in [1.165, 1.54) is 4.90 Å². The van der Waals surface area contributed by atoms with Crippen LogP contribution in [0.1, 0.15) is 24.8 Å². The lowest BCUT2D eigenvalue weighted by molar-refractivity contribution is -0.139. The van der Waals surface area contributed by atoms with Gasteiger partial charge in [-0.3, -0.25) is 19.2 Å². The molecular formula is C26H23BrN2O5. The summed E-state index contributed by atoms with van der Waals surface area (Å²) in [5.74, 6) is -1.82. The van der Waals surface area contributed by atoms with Crippen LogP contribution in [0.4, 0.5) is 11.4 Å². The molecule has 0 bridgehead atoms. The number of halogens is 1. The van der Waals surface area contributed by atoms with Crippen molar-refractivity contribution in [2.45, 2.75) is 26.2 Å². The Kier molecular flexibility index (Phi) is 5.85. The van der Waals surface area contributed by atoms with Crippen molar-refractivity contribution >= 4 is 51.0 Å². The number of ether oxygens (including phenoxy) is 1. The average Bonchev–Trinajstić information content (AvgIpc) is 3.33. The van der Waals surface area contributed by atoms with Gasteiger partial charge in [0.2, 0.25) is 17.7 Å². The number of hydrogen-bond acceptors (Lipinski definition) is 5. The first kappa shape index (κ1) is 22.5. The molecule has 0 N–H and O–H groups in total. The van der Waals surface area contributed by atoms with E-state index in [0.29, 0.717) is 29.8 Å². The van der Waals surface area contributed by atoms with Crippen LogP contribution in [0.2, 0.25) is 0 Å². The summed E-state index contributed by atoms with van der Waals surface area (Å²) in [4.78, 5) is 53.9. The number of allylic oxidation sites excluding steroid dienone is 2. The quantitative estimate of drug-likeness (QED) is 0.260. The van der Waals surface area contributed by atoms with E-state index in [1.54, 1.807) is 30.0 Å². The lowest BCUT2D eigenvalue weighted by Gasteiger charge is -2.19. The molecule has 3 aliphatic rings. The summed E-state index contributed by atoms with van der Waals surface area (Å²) in [7, 11) is 0. The summed E-state index contributed by atoms with van der Waals surface area (Å²) in [6, 6.07) is 12.2. The zero-order chi connectivity index (χ0) is 24.0. The Morgan fingerprint density at radius 3 is 2.24 bits per heavy atom. The van der Waals surface area contributed by atoms with E-state index < -0.39 is 11.9 Å². The van der Waals surface area contributed by atoms with Gasteiger partial charge in [-0.15, -0.1) is 0 Å². The Hall–Kier alpha value is -3.26. The van der Waals surface area contributed by atoms with Gasteiger partial charge in [-0.1, -0.05) is 28.1 Å². The smallest absolute Gasteiger partial charge is 0.316 e. The van der Waals surface area contributed by atoms with Gasteiger partial charge in [-0.25, -0.2) is 4.90 Å². The molecule has 2 heterocycles. The molecule has 3 amide bonds. The number of carbonyl (C=O) groups is 4. The van der Waals surface area contributed by atoms with Gasteiger partial charge in [0, 0.05) is 23.1 Å². The van der Waals surface area contributed by atoms with Gasteiger partial charge in [-0.2, -0.15) is 0 Å². The second-order valence-corrected chi connectivity index (χ2v) is 9.83. The third-order valence-corrected chi connectivity index (χ3v) is 7.26. The summed E-state index contributed by atoms with van der Waals surface area (Å²) < 4.78 is 6.48. The molecule has 5 rings (SSSR count). The molecule has 2 fully saturated rings. The largest absolute Gasteiger partial charge is 0.426 e. The van der Waals surface area contributed by atoms with Gasteiger partial charge < -0.3 is 9.64 Å². The van der Waals surface area contributed by atoms with Crippen molar-refractivity contribution in [1.82, 2.24) is 0 Å². The van der Waals surface area contributed by atoms with Crippen molar-refractivity contribution in [3.05, 3.63) is 64.7 Å². The molecule has 8 heteroatoms. The summed E-state index contributed by atoms with van der Waals surface area (Å²) >= 11 is 3.38. The molecule has 2 aromatic rings. The minimum Gasteiger partial charge on any atom is -0.426 e. The second-order valence-electron chi connectivity index (χ2n) is 8.92. The van der Waals surface area contributed by atoms with Crippen LogP contribution in [0.3, 0.4) is 0 Å². The number of anilines is 2. The molecule has 0 spiro atoms. The van der Waals surface area contributed by atoms with Crippen LogP contribution >= 0.6 is 15.9 Å². The molecule has 0 radical (unpaired) electrons. The number of nitrogens with zero attached hydrogens (tertiary/aromatic N) is 2. The van der Waals surface area contributed by atoms with Crippen LogP contribution in [0.5, 0.6) is 5.75 Å². The molecule has 2 saturated heterocycles. The van der Waals surface area contributed by atoms with Crippen molar-refractivity contribution in [3.8, 4) is 5.75 Å². The fraction of sp³-hybridized carbons (Fsp3) is 0.308. The van der Waals surface area contributed by atoms with Crippen molar-refractivity contribution in [2.75, 3.05) is 16.3 Å². The highest BCUT2D eigenvalue weighted by molar-refractivity contribution is 9.10. The maximum Gasteiger partial charge on any atom is 0.316 e. The molecule has 0 unspecified atom stereocenters. The lowest BCUT2D eigenvalue weighted by atomic mass is 9.85. The maximum atomic E-state index is 12.9. The number of carbonyl (C=O) groups excluding carboxylic acids is 4. The summed E-state index contributed by atoms with van der Waals surface area (Å²) in [5.41, 5.74) is 1.92. The van der Waals surface area contributed by atoms with Gasteiger partial charge in [0.1, 0.15) is 5.75 Å². The molecule has 7 nitrogen and oxygen atoms in total. The van der Waals surface area contributed by atoms with E-state index in [0.717, 1.165) is 10.2 Å². The minimum absolute atomic E-state index is 0.0829. The molecule has 2 aromatic carbocycles. The normalized spacial score (nSPS) is 24.1. The number of rotatable bonds is 4. The van der Waals surface area contributed by atoms with E-state index in [2.05, 4.69) is 15.9 Å². The first-order chi connectivity index (χ1) is 16.3. The van der Waals surface area contributed by atoms with Gasteiger partial charge in [0.25, 0.3) is 0 Å². The summed E-state index contributed by atoms with van der Waals surface area (Å²) in [6.07, 6.45) is 5.16. The number of esters is 1. The zero-order valence-electron chi connectivity index (χ0n) is 18.6. The SMILES string of the molecule is Cc1cc(OC(=O)[C@@H]2CC(=O)N(c3ccc(Br)cc3)C2)ccc1N1C(=O)[C@@H]2CC=CC[C@H]2C1=O. The maximum absolute atomic E-state index is 12.9. The Morgan fingerprint density at radius 1 is 0.971 bits per heavy atom. The predicted molar refractivity (Wildman–Crippen MR) is 129 cm³/mol. The van der Waals surface area contributed by atoms with E-state index in [1.807, 2.05) is 36.4 Å². The molecule has 1 aliphatic carbocycles. The molecule has 2 aliphatic heterocycles. The minimum atomic E-state index is -0.575. The van der Waals surface area contributed by atoms with E-state index >= 15 is 0 Å². The number of hydrogen-bond donors (Lipinski definition) is 0. The predicted octanol–water partition coefficient (Wildman–Crippen LogP) is 4.17. The molecule has 0 aromatic heterocycles. The lowest BCUT2D eigenvalue weighted by Crippen LogP contribution is -2.31. The average molecular weight is 523 g/mol. The van der Waals surface area contributed by atoms with Crippen LogP contribution in [0, 0.1) is 24.7 Å². The zero-order valence-corrected chi connectivity index (χ0v) is 20.2. The highest BCUT2D eigenvalue weighted by Gasteiger charge is 2.48. The van der Waals surface area contributed by atoms with Crippen molar-refractivity contribution in [3.63, 3.8) is 0 Å². The Labute approximate surface area is 205 Å². The molecular weight excluding hydrogens is 500 g/mol. The molecule has 3 atom stereocenters. The number of fused-ring (bicyclic) bond motifs is 1. The number of amides is 3. The molecule has 174 valence electrons. The van der Waals surface area contributed by atoms with Crippen molar-refractivity contribution in [2.24, 2.45) is 17.8 Å². The highest BCUT2D eigenvalue weighted by Crippen LogP contribution is 2.39. The topological polar surface area (TPSA) is 84.0 Å². The van der Waals surface area contributed by atoms with Crippen LogP contribution in [0.15, 0.2) is 59.1 Å². The molecule has 34 heavy (non-hydrogen) atoms. The van der Waals surface area contributed by atoms with Crippen LogP contribution in [-0.2, 0) is 19.2 Å². The first-order valence-corrected chi connectivity index (χ1v) is 12.0. The fourth-order valence-electron chi connectivity index (χ4n) is 4.92. The highest BCUT2D eigenvalue weighted by atomic mass is 79.9. The standard InChI is InChI=1S/C26H23BrN2O5/c1-15-12-19(10-11-22(15)29-24(31)20-4-2-3-5-21(20)25(29)32)34-26(33)16-13-23(30)28(14-16)18-8-6-17(27)7-9-18/h2-3,6-12,16,20-21H,4-5,13-14H2,1H3/t16-,20-,21-/m1/s1. The number of benzene rings is 2. The summed E-state index contributed by atoms with van der Waals surface area (Å²) in [6.45, 7) is 2.03. The van der Waals surface area contributed by atoms with E-state index in [9.17, 15) is 19.2 Å². The fourth-order valence-corrected chi connectivity index (χ4v) is 5.18. The van der Waals surface area contributed by atoms with Crippen LogP contribution in [-0.4, -0.2) is 30.2 Å². The molecule has 0 saturated carbocycles. The third kappa shape index (κ3) is 3.96. The van der Waals surface area contributed by atoms with Gasteiger partial charge in [-0.05, 0) is 67.8 Å². The number of imide groups is 1. The third-order valence-electron chi connectivity index (χ3n) is 6.73. The first-order valence-electron chi connectivity index (χ1n) is 11.2. The van der Waals surface area contributed by atoms with Gasteiger partial charge in [0.15, 0.2) is 0 Å². The Morgan fingerprint density at radius 2 is 1.62 bits per heavy atom. The Bertz CT molecular complexity index is 1200. The summed E-state index contributed by atoms with van der Waals surface area (Å²) in [5, 5.41) is 0. The van der Waals surface area contributed by atoms with Gasteiger partial charge >= 0.3 is 5.97 Å². The van der Waals surface area contributed by atoms with Crippen molar-refractivity contribution < 1.29 is 23.9 Å². The van der Waals surface area contributed by atoms with E-state index in [-0.39, 0.29) is 42.5 Å². The number of aryl methyl sites for hydroxylation is 1. The van der Waals surface area contributed by atoms with Gasteiger partial charge in [0.05, 0.1) is 23.4 Å². The van der Waals surface area contributed by atoms with Crippen molar-refractivity contribution in [1.29, 1.82) is 0 Å². The van der Waals surface area contributed by atoms with Crippen LogP contribution < -0.4 is 14.5 Å². The van der Waals surface area contributed by atoms with Crippen LogP contribution in [0.25, 0.3) is 0 Å². The monoisotopic (exact) mass is 522 g/mol. The van der Waals surface area contributed by atoms with E-state index in [4.69, 9.17) is 4.74 Å². The second kappa shape index (κ2) is 8.83. The Balaban J connectivity index is 1.28.